The molecule has 5 heterocycles. The summed E-state index contributed by atoms with van der Waals surface area (Å²) in [5.41, 5.74) is -3.57. The van der Waals surface area contributed by atoms with Crippen LogP contribution in [0.5, 0.6) is 5.75 Å². The van der Waals surface area contributed by atoms with Crippen LogP contribution in [-0.2, 0) is 20.9 Å². The lowest BCUT2D eigenvalue weighted by atomic mass is 9.85. The van der Waals surface area contributed by atoms with E-state index in [4.69, 9.17) is 14.3 Å². The van der Waals surface area contributed by atoms with E-state index in [2.05, 4.69) is 10.5 Å². The van der Waals surface area contributed by atoms with Crippen molar-refractivity contribution in [3.05, 3.63) is 62.8 Å². The number of aromatic nitrogens is 1. The van der Waals surface area contributed by atoms with Crippen molar-refractivity contribution in [3.63, 3.8) is 0 Å². The van der Waals surface area contributed by atoms with E-state index in [1.807, 2.05) is 6.92 Å². The van der Waals surface area contributed by atoms with Gasteiger partial charge >= 0.3 is 0 Å². The first-order chi connectivity index (χ1) is 20.6. The maximum absolute atomic E-state index is 14.1. The average molecular weight is 605 g/mol. The Bertz CT molecular complexity index is 1530. The van der Waals surface area contributed by atoms with Crippen molar-refractivity contribution < 1.29 is 42.2 Å². The fourth-order valence-corrected chi connectivity index (χ4v) is 6.29. The molecular formula is C29H31F3N4O7. The number of halogens is 3. The Hall–Kier alpha value is -4.07. The monoisotopic (exact) mass is 604 g/mol. The summed E-state index contributed by atoms with van der Waals surface area (Å²) in [4.78, 5) is 47.4. The Kier molecular flexibility index (Phi) is 7.57. The summed E-state index contributed by atoms with van der Waals surface area (Å²) in [6.45, 7) is 3.13. The number of nitrogens with one attached hydrogen (secondary N) is 1. The highest BCUT2D eigenvalue weighted by Crippen LogP contribution is 2.46. The smallest absolute Gasteiger partial charge is 0.274 e. The minimum atomic E-state index is -1.21. The molecule has 0 saturated carbocycles. The van der Waals surface area contributed by atoms with Gasteiger partial charge in [0.05, 0.1) is 19.1 Å². The number of pyridine rings is 1. The lowest BCUT2D eigenvalue weighted by Gasteiger charge is -2.41. The zero-order chi connectivity index (χ0) is 30.5. The van der Waals surface area contributed by atoms with Gasteiger partial charge in [0.1, 0.15) is 23.0 Å². The van der Waals surface area contributed by atoms with Crippen molar-refractivity contribution in [2.24, 2.45) is 11.1 Å². The molecule has 11 nitrogen and oxygen atoms in total. The van der Waals surface area contributed by atoms with Crippen LogP contribution < -0.4 is 10.7 Å². The summed E-state index contributed by atoms with van der Waals surface area (Å²) in [6, 6.07) is 0.0402. The Morgan fingerprint density at radius 3 is 2.63 bits per heavy atom. The van der Waals surface area contributed by atoms with E-state index in [9.17, 15) is 32.7 Å². The van der Waals surface area contributed by atoms with Gasteiger partial charge in [-0.15, -0.1) is 0 Å². The summed E-state index contributed by atoms with van der Waals surface area (Å²) in [6.07, 6.45) is 4.20. The third-order valence-electron chi connectivity index (χ3n) is 8.89. The lowest BCUT2D eigenvalue weighted by molar-refractivity contribution is -0.0655. The zero-order valence-corrected chi connectivity index (χ0v) is 23.4. The van der Waals surface area contributed by atoms with Gasteiger partial charge in [0.25, 0.3) is 11.8 Å². The SMILES string of the molecule is C[C@H]1CC[C@]2(CC(OCC3CCOCC3)=NO2)[C@H]2CN1C(=O)c1c(O)c(=O)c(C(=O)NCc3c(F)cc(F)cc3F)cn12. The highest BCUT2D eigenvalue weighted by molar-refractivity contribution is 5.99. The summed E-state index contributed by atoms with van der Waals surface area (Å²) in [5, 5.41) is 17.4. The number of benzene rings is 1. The molecule has 14 heteroatoms. The third-order valence-corrected chi connectivity index (χ3v) is 8.89. The third kappa shape index (κ3) is 5.21. The predicted octanol–water partition coefficient (Wildman–Crippen LogP) is 3.00. The van der Waals surface area contributed by atoms with Crippen molar-refractivity contribution >= 4 is 17.7 Å². The molecule has 2 aromatic rings. The molecule has 6 rings (SSSR count). The average Bonchev–Trinajstić information content (AvgIpc) is 3.35. The normalized spacial score (nSPS) is 25.2. The van der Waals surface area contributed by atoms with Gasteiger partial charge in [0, 0.05) is 56.2 Å². The van der Waals surface area contributed by atoms with Crippen LogP contribution in [0.3, 0.4) is 0 Å². The molecule has 3 atom stereocenters. The summed E-state index contributed by atoms with van der Waals surface area (Å²) >= 11 is 0. The number of hydrogen-bond acceptors (Lipinski definition) is 8. The number of ether oxygens (including phenoxy) is 2. The predicted molar refractivity (Wildman–Crippen MR) is 144 cm³/mol. The number of rotatable bonds is 5. The maximum atomic E-state index is 14.1. The van der Waals surface area contributed by atoms with Gasteiger partial charge in [-0.25, -0.2) is 13.2 Å². The molecule has 2 amide bonds. The van der Waals surface area contributed by atoms with Crippen LogP contribution in [0.1, 0.15) is 71.5 Å². The van der Waals surface area contributed by atoms with Crippen molar-refractivity contribution in [2.75, 3.05) is 26.4 Å². The summed E-state index contributed by atoms with van der Waals surface area (Å²) in [5.74, 6) is -5.37. The molecule has 0 unspecified atom stereocenters. The molecule has 0 radical (unpaired) electrons. The van der Waals surface area contributed by atoms with E-state index < -0.39 is 69.8 Å². The second-order valence-electron chi connectivity index (χ2n) is 11.6. The molecule has 1 spiro atoms. The molecule has 2 bridgehead atoms. The second kappa shape index (κ2) is 11.2. The molecule has 2 fully saturated rings. The molecule has 2 saturated heterocycles. The Morgan fingerprint density at radius 2 is 1.91 bits per heavy atom. The fourth-order valence-electron chi connectivity index (χ4n) is 6.29. The van der Waals surface area contributed by atoms with E-state index in [1.54, 1.807) is 4.90 Å². The van der Waals surface area contributed by atoms with Crippen LogP contribution in [-0.4, -0.2) is 70.3 Å². The largest absolute Gasteiger partial charge is 0.503 e. The number of carbonyl (C=O) groups excluding carboxylic acids is 2. The zero-order valence-electron chi connectivity index (χ0n) is 23.4. The maximum Gasteiger partial charge on any atom is 0.274 e. The van der Waals surface area contributed by atoms with Crippen LogP contribution in [0.4, 0.5) is 13.2 Å². The van der Waals surface area contributed by atoms with Gasteiger partial charge < -0.3 is 34.2 Å². The molecule has 1 aromatic heterocycles. The van der Waals surface area contributed by atoms with E-state index >= 15 is 0 Å². The lowest BCUT2D eigenvalue weighted by Crippen LogP contribution is -2.52. The number of nitrogens with zero attached hydrogens (tertiary/aromatic N) is 3. The number of aromatic hydroxyl groups is 1. The van der Waals surface area contributed by atoms with Crippen LogP contribution in [0.2, 0.25) is 0 Å². The molecular weight excluding hydrogens is 573 g/mol. The van der Waals surface area contributed by atoms with E-state index in [0.717, 1.165) is 19.0 Å². The Morgan fingerprint density at radius 1 is 1.19 bits per heavy atom. The topological polar surface area (TPSA) is 132 Å². The van der Waals surface area contributed by atoms with E-state index in [1.165, 1.54) is 4.57 Å². The minimum Gasteiger partial charge on any atom is -0.503 e. The van der Waals surface area contributed by atoms with Crippen LogP contribution in [0.25, 0.3) is 0 Å². The van der Waals surface area contributed by atoms with Crippen molar-refractivity contribution in [1.29, 1.82) is 0 Å². The Labute approximate surface area is 244 Å². The first-order valence-electron chi connectivity index (χ1n) is 14.2. The molecule has 0 aliphatic carbocycles. The molecule has 1 aromatic carbocycles. The standard InChI is InChI=1S/C29H31F3N4O7/c1-15-2-5-29(10-23(34-43-29)42-14-16-3-6-41-7-4-16)22-13-35(15)28(40)24-26(38)25(37)19(12-36(22)24)27(39)33-11-18-20(31)8-17(30)9-21(18)32/h8-9,12,15-16,22,38H,2-7,10-11,13-14H2,1H3,(H,33,39)/t15-,22+,29-/m0/s1. The quantitative estimate of drug-likeness (QED) is 0.537. The number of hydrogen-bond donors (Lipinski definition) is 2. The van der Waals surface area contributed by atoms with Crippen molar-refractivity contribution in [2.45, 2.75) is 63.3 Å². The number of fused-ring (bicyclic) bond motifs is 5. The number of amides is 2. The van der Waals surface area contributed by atoms with Crippen LogP contribution >= 0.6 is 0 Å². The van der Waals surface area contributed by atoms with Crippen molar-refractivity contribution in [3.8, 4) is 5.75 Å². The first-order valence-corrected chi connectivity index (χ1v) is 14.2. The van der Waals surface area contributed by atoms with Crippen LogP contribution in [0.15, 0.2) is 28.3 Å². The minimum absolute atomic E-state index is 0.158. The number of carbonyl (C=O) groups is 2. The van der Waals surface area contributed by atoms with Gasteiger partial charge in [-0.05, 0) is 38.5 Å². The van der Waals surface area contributed by atoms with E-state index in [0.29, 0.717) is 56.6 Å². The summed E-state index contributed by atoms with van der Waals surface area (Å²) < 4.78 is 54.4. The van der Waals surface area contributed by atoms with Crippen molar-refractivity contribution in [1.82, 2.24) is 14.8 Å². The highest BCUT2D eigenvalue weighted by Gasteiger charge is 2.55. The highest BCUT2D eigenvalue weighted by atomic mass is 19.1. The van der Waals surface area contributed by atoms with Gasteiger partial charge in [-0.3, -0.25) is 14.4 Å². The second-order valence-corrected chi connectivity index (χ2v) is 11.6. The van der Waals surface area contributed by atoms with Gasteiger partial charge in [-0.2, -0.15) is 0 Å². The molecule has 43 heavy (non-hydrogen) atoms. The molecule has 230 valence electrons. The van der Waals surface area contributed by atoms with E-state index in [-0.39, 0.29) is 24.7 Å². The van der Waals surface area contributed by atoms with Crippen LogP contribution in [0, 0.1) is 23.4 Å². The molecule has 4 aliphatic heterocycles. The van der Waals surface area contributed by atoms with Gasteiger partial charge in [0.15, 0.2) is 17.0 Å². The summed E-state index contributed by atoms with van der Waals surface area (Å²) in [7, 11) is 0. The first kappa shape index (κ1) is 29.0. The van der Waals surface area contributed by atoms with Gasteiger partial charge in [0.2, 0.25) is 11.3 Å². The molecule has 4 aliphatic rings. The Balaban J connectivity index is 1.30. The number of oxime groups is 1. The fraction of sp³-hybridized carbons (Fsp3) is 0.517. The molecule has 2 N–H and O–H groups in total. The van der Waals surface area contributed by atoms with Gasteiger partial charge in [-0.1, -0.05) is 5.16 Å².